The van der Waals surface area contributed by atoms with Gasteiger partial charge in [-0.15, -0.1) is 5.73 Å². The Balaban J connectivity index is 1.82. The third-order valence-electron chi connectivity index (χ3n) is 5.68. The molecular weight excluding hydrogens is 386 g/mol. The van der Waals surface area contributed by atoms with Crippen molar-refractivity contribution < 1.29 is 14.2 Å². The maximum absolute atomic E-state index is 5.89. The Hall–Kier alpha value is -2.46. The van der Waals surface area contributed by atoms with Crippen LogP contribution in [0, 0.1) is 0 Å². The van der Waals surface area contributed by atoms with E-state index in [1.54, 1.807) is 21.3 Å². The molecule has 3 rings (SSSR count). The van der Waals surface area contributed by atoms with E-state index in [9.17, 15) is 0 Å². The van der Waals surface area contributed by atoms with Crippen LogP contribution in [-0.4, -0.2) is 52.0 Å². The number of nitrogens with zero attached hydrogens (tertiary/aromatic N) is 1. The number of hydrogen-bond donors (Lipinski definition) is 0. The normalized spacial score (nSPS) is 16.2. The van der Waals surface area contributed by atoms with Crippen LogP contribution in [-0.2, 0) is 14.2 Å². The molecule has 1 aliphatic carbocycles. The van der Waals surface area contributed by atoms with Crippen molar-refractivity contribution in [3.63, 3.8) is 0 Å². The summed E-state index contributed by atoms with van der Waals surface area (Å²) in [6.45, 7) is 2.21. The third kappa shape index (κ3) is 6.76. The standard InChI is InChI=1S/C27H33NO3/c1-29-25(22-13-7-4-8-14-22)19-28(20-26(30-2)23-15-9-5-10-16-23)21-27(31-3)24-17-11-6-12-18-24/h4-10,13-18,25-27H,11,19-21H2,1-3H3/t25-,26-,27-/m0/s1. The number of hydrogen-bond acceptors (Lipinski definition) is 4. The minimum Gasteiger partial charge on any atom is -0.375 e. The van der Waals surface area contributed by atoms with Crippen molar-refractivity contribution >= 4 is 0 Å². The average molecular weight is 420 g/mol. The summed E-state index contributed by atoms with van der Waals surface area (Å²) in [6, 6.07) is 20.7. The predicted molar refractivity (Wildman–Crippen MR) is 125 cm³/mol. The first kappa shape index (κ1) is 23.2. The maximum Gasteiger partial charge on any atom is 0.0950 e. The molecule has 3 atom stereocenters. The molecule has 0 amide bonds. The van der Waals surface area contributed by atoms with Gasteiger partial charge in [-0.2, -0.15) is 0 Å². The topological polar surface area (TPSA) is 30.9 Å². The van der Waals surface area contributed by atoms with Gasteiger partial charge in [0.2, 0.25) is 0 Å². The highest BCUT2D eigenvalue weighted by molar-refractivity contribution is 5.27. The number of rotatable bonds is 12. The van der Waals surface area contributed by atoms with Gasteiger partial charge in [-0.3, -0.25) is 4.90 Å². The van der Waals surface area contributed by atoms with Gasteiger partial charge in [-0.05, 0) is 35.3 Å². The lowest BCUT2D eigenvalue weighted by atomic mass is 10.0. The van der Waals surface area contributed by atoms with Gasteiger partial charge in [0.1, 0.15) is 0 Å². The van der Waals surface area contributed by atoms with Crippen LogP contribution in [0.15, 0.2) is 90.2 Å². The quantitative estimate of drug-likeness (QED) is 0.447. The molecule has 2 aromatic carbocycles. The smallest absolute Gasteiger partial charge is 0.0950 e. The fourth-order valence-electron chi connectivity index (χ4n) is 3.91. The largest absolute Gasteiger partial charge is 0.375 e. The molecule has 0 radical (unpaired) electrons. The fourth-order valence-corrected chi connectivity index (χ4v) is 3.91. The minimum atomic E-state index is -0.0391. The summed E-state index contributed by atoms with van der Waals surface area (Å²) in [7, 11) is 5.31. The van der Waals surface area contributed by atoms with Crippen LogP contribution in [0.4, 0.5) is 0 Å². The van der Waals surface area contributed by atoms with Crippen LogP contribution >= 0.6 is 0 Å². The van der Waals surface area contributed by atoms with Crippen molar-refractivity contribution in [3.8, 4) is 0 Å². The number of benzene rings is 2. The third-order valence-corrected chi connectivity index (χ3v) is 5.68. The molecule has 4 nitrogen and oxygen atoms in total. The summed E-state index contributed by atoms with van der Waals surface area (Å²) in [5.74, 6) is 0. The van der Waals surface area contributed by atoms with Gasteiger partial charge in [-0.1, -0.05) is 66.7 Å². The van der Waals surface area contributed by atoms with Crippen LogP contribution in [0.25, 0.3) is 0 Å². The van der Waals surface area contributed by atoms with E-state index in [0.29, 0.717) is 0 Å². The van der Waals surface area contributed by atoms with E-state index in [4.69, 9.17) is 14.2 Å². The Kier molecular flexibility index (Phi) is 9.29. The van der Waals surface area contributed by atoms with Crippen LogP contribution < -0.4 is 0 Å². The first-order valence-corrected chi connectivity index (χ1v) is 10.8. The first-order chi connectivity index (χ1) is 15.2. The molecule has 1 aliphatic rings. The molecule has 0 unspecified atom stereocenters. The summed E-state index contributed by atoms with van der Waals surface area (Å²) < 4.78 is 17.7. The molecular formula is C27H33NO3. The highest BCUT2D eigenvalue weighted by atomic mass is 16.5. The highest BCUT2D eigenvalue weighted by Gasteiger charge is 2.24. The Morgan fingerprint density at radius 1 is 0.742 bits per heavy atom. The predicted octanol–water partition coefficient (Wildman–Crippen LogP) is 5.12. The molecule has 2 aromatic rings. The maximum atomic E-state index is 5.89. The Labute approximate surface area is 186 Å². The summed E-state index contributed by atoms with van der Waals surface area (Å²) in [4.78, 5) is 2.38. The van der Waals surface area contributed by atoms with E-state index in [1.165, 1.54) is 0 Å². The van der Waals surface area contributed by atoms with Gasteiger partial charge in [0, 0.05) is 41.0 Å². The molecule has 0 bridgehead atoms. The zero-order chi connectivity index (χ0) is 21.9. The Morgan fingerprint density at radius 3 is 1.65 bits per heavy atom. The second kappa shape index (κ2) is 12.4. The van der Waals surface area contributed by atoms with Crippen molar-refractivity contribution in [2.75, 3.05) is 41.0 Å². The van der Waals surface area contributed by atoms with Gasteiger partial charge in [0.25, 0.3) is 0 Å². The molecule has 0 aliphatic heterocycles. The molecule has 0 saturated carbocycles. The average Bonchev–Trinajstić information content (AvgIpc) is 2.85. The lowest BCUT2D eigenvalue weighted by Crippen LogP contribution is -2.40. The molecule has 0 N–H and O–H groups in total. The van der Waals surface area contributed by atoms with E-state index in [0.717, 1.165) is 42.8 Å². The lowest BCUT2D eigenvalue weighted by Gasteiger charge is -2.33. The van der Waals surface area contributed by atoms with E-state index in [2.05, 4.69) is 65.2 Å². The SMILES string of the molecule is CO[C@@H](CN(C[C@H](OC)c1ccccc1)C[C@H](OC)c1ccccc1)C1=CCC=C=C1. The van der Waals surface area contributed by atoms with Crippen molar-refractivity contribution in [3.05, 3.63) is 101 Å². The minimum absolute atomic E-state index is 0.0391. The van der Waals surface area contributed by atoms with Gasteiger partial charge in [0.15, 0.2) is 0 Å². The first-order valence-electron chi connectivity index (χ1n) is 10.8. The van der Waals surface area contributed by atoms with Crippen LogP contribution in [0.1, 0.15) is 29.8 Å². The van der Waals surface area contributed by atoms with E-state index in [1.807, 2.05) is 24.3 Å². The molecule has 0 aromatic heterocycles. The molecule has 0 fully saturated rings. The number of ether oxygens (including phenoxy) is 3. The lowest BCUT2D eigenvalue weighted by molar-refractivity contribution is 0.00545. The summed E-state index contributed by atoms with van der Waals surface area (Å²) >= 11 is 0. The number of allylic oxidation sites excluding steroid dienone is 1. The fraction of sp³-hybridized carbons (Fsp3) is 0.370. The number of methoxy groups -OCH3 is 3. The second-order valence-corrected chi connectivity index (χ2v) is 7.67. The molecule has 0 heterocycles. The Bertz CT molecular complexity index is 822. The Morgan fingerprint density at radius 2 is 1.23 bits per heavy atom. The van der Waals surface area contributed by atoms with E-state index in [-0.39, 0.29) is 18.3 Å². The van der Waals surface area contributed by atoms with Crippen molar-refractivity contribution in [2.24, 2.45) is 0 Å². The molecule has 31 heavy (non-hydrogen) atoms. The molecule has 0 saturated heterocycles. The van der Waals surface area contributed by atoms with Crippen LogP contribution in [0.2, 0.25) is 0 Å². The zero-order valence-electron chi connectivity index (χ0n) is 18.7. The van der Waals surface area contributed by atoms with Gasteiger partial charge in [-0.25, -0.2) is 0 Å². The van der Waals surface area contributed by atoms with Crippen molar-refractivity contribution in [1.29, 1.82) is 0 Å². The summed E-state index contributed by atoms with van der Waals surface area (Å²) in [5.41, 5.74) is 6.70. The van der Waals surface area contributed by atoms with Crippen LogP contribution in [0.3, 0.4) is 0 Å². The van der Waals surface area contributed by atoms with Crippen LogP contribution in [0.5, 0.6) is 0 Å². The van der Waals surface area contributed by atoms with E-state index >= 15 is 0 Å². The highest BCUT2D eigenvalue weighted by Crippen LogP contribution is 2.24. The summed E-state index contributed by atoms with van der Waals surface area (Å²) in [5, 5.41) is 0. The van der Waals surface area contributed by atoms with Crippen molar-refractivity contribution in [1.82, 2.24) is 4.90 Å². The van der Waals surface area contributed by atoms with Gasteiger partial charge >= 0.3 is 0 Å². The monoisotopic (exact) mass is 419 g/mol. The molecule has 4 heteroatoms. The second-order valence-electron chi connectivity index (χ2n) is 7.67. The molecule has 0 spiro atoms. The molecule has 164 valence electrons. The van der Waals surface area contributed by atoms with Crippen molar-refractivity contribution in [2.45, 2.75) is 24.7 Å². The van der Waals surface area contributed by atoms with Gasteiger partial charge in [0.05, 0.1) is 18.3 Å². The summed E-state index contributed by atoms with van der Waals surface area (Å²) in [6.07, 6.45) is 7.03. The van der Waals surface area contributed by atoms with E-state index < -0.39 is 0 Å². The zero-order valence-corrected chi connectivity index (χ0v) is 18.7. The van der Waals surface area contributed by atoms with Gasteiger partial charge < -0.3 is 14.2 Å².